The number of benzene rings is 1. The molecule has 3 heteroatoms. The third kappa shape index (κ3) is 3.53. The number of aryl methyl sites for hydroxylation is 2. The highest BCUT2D eigenvalue weighted by molar-refractivity contribution is 5.35. The number of aliphatic hydroxyl groups excluding tert-OH is 1. The molecule has 1 aromatic heterocycles. The van der Waals surface area contributed by atoms with Crippen molar-refractivity contribution in [2.24, 2.45) is 7.05 Å². The van der Waals surface area contributed by atoms with E-state index in [1.807, 2.05) is 25.4 Å². The number of aromatic nitrogens is 2. The number of hydrogen-bond acceptors (Lipinski definition) is 2. The standard InChI is InChI=1S/C18H26N2O/c1-6-7-13-8-10-14(11-9-13)16(21)15-12-20(5)19-17(15)18(2,3)4/h8-12,16,21H,6-7H2,1-5H3. The van der Waals surface area contributed by atoms with Gasteiger partial charge < -0.3 is 5.11 Å². The third-order valence-electron chi connectivity index (χ3n) is 3.70. The fourth-order valence-corrected chi connectivity index (χ4v) is 2.62. The highest BCUT2D eigenvalue weighted by Crippen LogP contribution is 2.31. The second-order valence-electron chi connectivity index (χ2n) is 6.75. The van der Waals surface area contributed by atoms with Crippen LogP contribution in [0.4, 0.5) is 0 Å². The molecule has 0 fully saturated rings. The van der Waals surface area contributed by atoms with Gasteiger partial charge in [-0.25, -0.2) is 0 Å². The summed E-state index contributed by atoms with van der Waals surface area (Å²) in [5, 5.41) is 15.2. The van der Waals surface area contributed by atoms with Gasteiger partial charge in [-0.3, -0.25) is 4.68 Å². The molecule has 0 saturated heterocycles. The molecule has 0 aliphatic heterocycles. The van der Waals surface area contributed by atoms with Gasteiger partial charge in [0.05, 0.1) is 5.69 Å². The van der Waals surface area contributed by atoms with E-state index in [-0.39, 0.29) is 5.41 Å². The lowest BCUT2D eigenvalue weighted by Crippen LogP contribution is -2.16. The van der Waals surface area contributed by atoms with E-state index in [2.05, 4.69) is 44.9 Å². The van der Waals surface area contributed by atoms with Gasteiger partial charge in [0.1, 0.15) is 6.10 Å². The lowest BCUT2D eigenvalue weighted by molar-refractivity contribution is 0.217. The van der Waals surface area contributed by atoms with E-state index in [1.165, 1.54) is 5.56 Å². The predicted molar refractivity (Wildman–Crippen MR) is 86.4 cm³/mol. The second kappa shape index (κ2) is 6.02. The van der Waals surface area contributed by atoms with Crippen LogP contribution >= 0.6 is 0 Å². The summed E-state index contributed by atoms with van der Waals surface area (Å²) >= 11 is 0. The van der Waals surface area contributed by atoms with Crippen molar-refractivity contribution in [3.8, 4) is 0 Å². The molecule has 0 aliphatic carbocycles. The molecule has 3 nitrogen and oxygen atoms in total. The van der Waals surface area contributed by atoms with Crippen molar-refractivity contribution >= 4 is 0 Å². The van der Waals surface area contributed by atoms with Crippen LogP contribution in [0.3, 0.4) is 0 Å². The van der Waals surface area contributed by atoms with Crippen molar-refractivity contribution < 1.29 is 5.11 Å². The van der Waals surface area contributed by atoms with E-state index in [1.54, 1.807) is 4.68 Å². The minimum absolute atomic E-state index is 0.0836. The Kier molecular flexibility index (Phi) is 4.52. The first-order valence-corrected chi connectivity index (χ1v) is 7.64. The SMILES string of the molecule is CCCc1ccc(C(O)c2cn(C)nc2C(C)(C)C)cc1. The Morgan fingerprint density at radius 2 is 1.81 bits per heavy atom. The molecule has 0 spiro atoms. The van der Waals surface area contributed by atoms with Gasteiger partial charge in [-0.2, -0.15) is 5.10 Å². The molecule has 114 valence electrons. The number of nitrogens with zero attached hydrogens (tertiary/aromatic N) is 2. The Bertz CT molecular complexity index is 591. The zero-order chi connectivity index (χ0) is 15.6. The zero-order valence-corrected chi connectivity index (χ0v) is 13.7. The van der Waals surface area contributed by atoms with Gasteiger partial charge in [-0.05, 0) is 17.5 Å². The summed E-state index contributed by atoms with van der Waals surface area (Å²) < 4.78 is 1.78. The summed E-state index contributed by atoms with van der Waals surface area (Å²) in [6.07, 6.45) is 3.52. The summed E-state index contributed by atoms with van der Waals surface area (Å²) in [5.74, 6) is 0. The first kappa shape index (κ1) is 15.8. The molecule has 0 saturated carbocycles. The van der Waals surface area contributed by atoms with Gasteiger partial charge in [0.2, 0.25) is 0 Å². The fraction of sp³-hybridized carbons (Fsp3) is 0.500. The molecule has 2 rings (SSSR count). The number of rotatable bonds is 4. The Labute approximate surface area is 127 Å². The average molecular weight is 286 g/mol. The van der Waals surface area contributed by atoms with E-state index >= 15 is 0 Å². The smallest absolute Gasteiger partial charge is 0.107 e. The largest absolute Gasteiger partial charge is 0.384 e. The van der Waals surface area contributed by atoms with Crippen LogP contribution in [-0.2, 0) is 18.9 Å². The van der Waals surface area contributed by atoms with Crippen LogP contribution in [0.5, 0.6) is 0 Å². The second-order valence-corrected chi connectivity index (χ2v) is 6.75. The first-order chi connectivity index (χ1) is 9.82. The van der Waals surface area contributed by atoms with Gasteiger partial charge in [0.25, 0.3) is 0 Å². The van der Waals surface area contributed by atoms with Crippen molar-refractivity contribution in [1.82, 2.24) is 9.78 Å². The lowest BCUT2D eigenvalue weighted by Gasteiger charge is -2.20. The first-order valence-electron chi connectivity index (χ1n) is 7.64. The maximum Gasteiger partial charge on any atom is 0.107 e. The lowest BCUT2D eigenvalue weighted by atomic mass is 9.87. The van der Waals surface area contributed by atoms with Gasteiger partial charge in [0.15, 0.2) is 0 Å². The summed E-state index contributed by atoms with van der Waals surface area (Å²) in [4.78, 5) is 0. The van der Waals surface area contributed by atoms with Gasteiger partial charge >= 0.3 is 0 Å². The minimum Gasteiger partial charge on any atom is -0.384 e. The Morgan fingerprint density at radius 1 is 1.19 bits per heavy atom. The maximum atomic E-state index is 10.7. The topological polar surface area (TPSA) is 38.0 Å². The molecule has 0 bridgehead atoms. The summed E-state index contributed by atoms with van der Waals surface area (Å²) in [6.45, 7) is 8.54. The normalized spacial score (nSPS) is 13.4. The molecule has 0 aliphatic rings. The van der Waals surface area contributed by atoms with Crippen LogP contribution in [0.25, 0.3) is 0 Å². The Balaban J connectivity index is 2.33. The average Bonchev–Trinajstić information content (AvgIpc) is 2.81. The highest BCUT2D eigenvalue weighted by Gasteiger charge is 2.26. The van der Waals surface area contributed by atoms with Gasteiger partial charge in [0, 0.05) is 24.2 Å². The molecule has 0 radical (unpaired) electrons. The minimum atomic E-state index is -0.622. The van der Waals surface area contributed by atoms with Crippen LogP contribution in [0, 0.1) is 0 Å². The quantitative estimate of drug-likeness (QED) is 0.929. The molecule has 1 N–H and O–H groups in total. The van der Waals surface area contributed by atoms with Gasteiger partial charge in [-0.1, -0.05) is 58.4 Å². The van der Waals surface area contributed by atoms with Crippen LogP contribution in [0.15, 0.2) is 30.5 Å². The zero-order valence-electron chi connectivity index (χ0n) is 13.7. The van der Waals surface area contributed by atoms with Crippen molar-refractivity contribution in [3.05, 3.63) is 52.8 Å². The summed E-state index contributed by atoms with van der Waals surface area (Å²) in [6, 6.07) is 8.26. The predicted octanol–water partition coefficient (Wildman–Crippen LogP) is 3.75. The fourth-order valence-electron chi connectivity index (χ4n) is 2.62. The molecule has 1 unspecified atom stereocenters. The number of hydrogen-bond donors (Lipinski definition) is 1. The summed E-state index contributed by atoms with van der Waals surface area (Å²) in [7, 11) is 1.90. The molecule has 21 heavy (non-hydrogen) atoms. The highest BCUT2D eigenvalue weighted by atomic mass is 16.3. The molecule has 0 amide bonds. The monoisotopic (exact) mass is 286 g/mol. The van der Waals surface area contributed by atoms with Crippen molar-refractivity contribution in [1.29, 1.82) is 0 Å². The molecule has 2 aromatic rings. The third-order valence-corrected chi connectivity index (χ3v) is 3.70. The molecule has 1 aromatic carbocycles. The molecule has 1 heterocycles. The van der Waals surface area contributed by atoms with Crippen LogP contribution < -0.4 is 0 Å². The summed E-state index contributed by atoms with van der Waals surface area (Å²) in [5.41, 5.74) is 4.01. The van der Waals surface area contributed by atoms with E-state index in [4.69, 9.17) is 0 Å². The molecule has 1 atom stereocenters. The van der Waals surface area contributed by atoms with Crippen molar-refractivity contribution in [3.63, 3.8) is 0 Å². The van der Waals surface area contributed by atoms with Crippen LogP contribution in [-0.4, -0.2) is 14.9 Å². The Hall–Kier alpha value is -1.61. The van der Waals surface area contributed by atoms with Gasteiger partial charge in [-0.15, -0.1) is 0 Å². The maximum absolute atomic E-state index is 10.7. The van der Waals surface area contributed by atoms with Crippen molar-refractivity contribution in [2.45, 2.75) is 52.1 Å². The molecular weight excluding hydrogens is 260 g/mol. The number of aliphatic hydroxyl groups is 1. The van der Waals surface area contributed by atoms with E-state index in [9.17, 15) is 5.11 Å². The van der Waals surface area contributed by atoms with E-state index in [0.29, 0.717) is 0 Å². The van der Waals surface area contributed by atoms with E-state index < -0.39 is 6.10 Å². The van der Waals surface area contributed by atoms with Crippen LogP contribution in [0.1, 0.15) is 62.6 Å². The molecular formula is C18H26N2O. The van der Waals surface area contributed by atoms with Crippen molar-refractivity contribution in [2.75, 3.05) is 0 Å². The van der Waals surface area contributed by atoms with Crippen LogP contribution in [0.2, 0.25) is 0 Å². The van der Waals surface area contributed by atoms with E-state index in [0.717, 1.165) is 29.7 Å². The Morgan fingerprint density at radius 3 is 2.33 bits per heavy atom.